The van der Waals surface area contributed by atoms with E-state index in [1.54, 1.807) is 67.4 Å². The van der Waals surface area contributed by atoms with Crippen LogP contribution >= 0.6 is 0 Å². The van der Waals surface area contributed by atoms with E-state index in [4.69, 9.17) is 4.52 Å². The molecule has 3 N–H and O–H groups in total. The molecule has 0 saturated carbocycles. The van der Waals surface area contributed by atoms with Gasteiger partial charge in [-0.3, -0.25) is 19.3 Å². The number of nitrogens with one attached hydrogen (secondary N) is 2. The molecule has 0 fully saturated rings. The van der Waals surface area contributed by atoms with Crippen LogP contribution in [0.15, 0.2) is 83.4 Å². The van der Waals surface area contributed by atoms with Crippen molar-refractivity contribution in [1.82, 2.24) is 10.5 Å². The average Bonchev–Trinajstić information content (AvgIpc) is 3.64. The Kier molecular flexibility index (Phi) is 8.51. The van der Waals surface area contributed by atoms with E-state index in [9.17, 15) is 24.3 Å². The smallest absolute Gasteiger partial charge is 0.326 e. The fourth-order valence-corrected chi connectivity index (χ4v) is 4.97. The molecule has 1 aromatic heterocycles. The van der Waals surface area contributed by atoms with Gasteiger partial charge in [-0.25, -0.2) is 4.79 Å². The highest BCUT2D eigenvalue weighted by molar-refractivity contribution is 6.03. The number of carboxylic acids is 1. The lowest BCUT2D eigenvalue weighted by molar-refractivity contribution is -0.137. The summed E-state index contributed by atoms with van der Waals surface area (Å²) in [6.07, 6.45) is 0.560. The maximum atomic E-state index is 13.2. The van der Waals surface area contributed by atoms with Crippen LogP contribution in [0.1, 0.15) is 45.4 Å². The molecule has 0 spiro atoms. The topological polar surface area (TPSA) is 145 Å². The van der Waals surface area contributed by atoms with Crippen LogP contribution in [0.3, 0.4) is 0 Å². The van der Waals surface area contributed by atoms with Crippen LogP contribution in [-0.2, 0) is 22.4 Å². The maximum absolute atomic E-state index is 13.2. The fourth-order valence-electron chi connectivity index (χ4n) is 4.97. The van der Waals surface area contributed by atoms with Crippen LogP contribution in [0.4, 0.5) is 21.9 Å². The van der Waals surface area contributed by atoms with Gasteiger partial charge in [-0.15, -0.1) is 0 Å². The molecule has 2 heterocycles. The third kappa shape index (κ3) is 6.89. The van der Waals surface area contributed by atoms with E-state index in [1.807, 2.05) is 24.3 Å². The molecule has 43 heavy (non-hydrogen) atoms. The van der Waals surface area contributed by atoms with Crippen LogP contribution in [-0.4, -0.2) is 47.7 Å². The molecule has 0 saturated heterocycles. The number of carbonyl (C=O) groups is 4. The zero-order valence-electron chi connectivity index (χ0n) is 23.7. The van der Waals surface area contributed by atoms with Gasteiger partial charge in [-0.1, -0.05) is 47.6 Å². The SMILES string of the molecule is Cc1cc(C(=O)NC(CC(=O)O)c2cccc(N(C)C(=O)Cc3ccc(NC(=O)N4CCc5ccccc54)cc3)c2)no1. The van der Waals surface area contributed by atoms with Crippen molar-refractivity contribution in [3.8, 4) is 0 Å². The monoisotopic (exact) mass is 581 g/mol. The van der Waals surface area contributed by atoms with E-state index in [2.05, 4.69) is 15.8 Å². The van der Waals surface area contributed by atoms with Crippen molar-refractivity contribution in [2.75, 3.05) is 28.7 Å². The first-order valence-electron chi connectivity index (χ1n) is 13.8. The molecule has 1 atom stereocenters. The number of aromatic nitrogens is 1. The Morgan fingerprint density at radius 1 is 1.02 bits per heavy atom. The quantitative estimate of drug-likeness (QED) is 0.259. The minimum Gasteiger partial charge on any atom is -0.481 e. The van der Waals surface area contributed by atoms with Crippen molar-refractivity contribution in [3.63, 3.8) is 0 Å². The number of anilines is 3. The van der Waals surface area contributed by atoms with Gasteiger partial charge in [-0.2, -0.15) is 0 Å². The lowest BCUT2D eigenvalue weighted by Gasteiger charge is -2.21. The second-order valence-corrected chi connectivity index (χ2v) is 10.3. The number of likely N-dealkylation sites (N-methyl/N-ethyl adjacent to an activating group) is 1. The van der Waals surface area contributed by atoms with Gasteiger partial charge in [0.1, 0.15) is 5.76 Å². The number of carboxylic acid groups (broad SMARTS) is 1. The van der Waals surface area contributed by atoms with E-state index in [1.165, 1.54) is 11.0 Å². The number of para-hydroxylation sites is 1. The first-order chi connectivity index (χ1) is 20.7. The largest absolute Gasteiger partial charge is 0.481 e. The predicted octanol–water partition coefficient (Wildman–Crippen LogP) is 4.73. The lowest BCUT2D eigenvalue weighted by Crippen LogP contribution is -2.33. The van der Waals surface area contributed by atoms with E-state index in [-0.39, 0.29) is 30.5 Å². The highest BCUT2D eigenvalue weighted by Gasteiger charge is 2.25. The van der Waals surface area contributed by atoms with Gasteiger partial charge in [-0.05, 0) is 60.4 Å². The summed E-state index contributed by atoms with van der Waals surface area (Å²) in [6, 6.07) is 22.1. The third-order valence-electron chi connectivity index (χ3n) is 7.27. The summed E-state index contributed by atoms with van der Waals surface area (Å²) in [5.74, 6) is -1.40. The third-order valence-corrected chi connectivity index (χ3v) is 7.27. The number of amides is 4. The Bertz CT molecular complexity index is 1660. The van der Waals surface area contributed by atoms with Gasteiger partial charge < -0.3 is 25.2 Å². The van der Waals surface area contributed by atoms with E-state index in [0.29, 0.717) is 29.2 Å². The summed E-state index contributed by atoms with van der Waals surface area (Å²) in [5.41, 5.74) is 4.55. The van der Waals surface area contributed by atoms with E-state index in [0.717, 1.165) is 23.2 Å². The van der Waals surface area contributed by atoms with Crippen molar-refractivity contribution in [1.29, 1.82) is 0 Å². The molecule has 1 unspecified atom stereocenters. The number of nitrogens with zero attached hydrogens (tertiary/aromatic N) is 3. The molecular formula is C32H31N5O6. The summed E-state index contributed by atoms with van der Waals surface area (Å²) >= 11 is 0. The second kappa shape index (κ2) is 12.6. The molecule has 220 valence electrons. The molecule has 5 rings (SSSR count). The van der Waals surface area contributed by atoms with Crippen molar-refractivity contribution >= 4 is 40.9 Å². The standard InChI is InChI=1S/C32H31N5O6/c1-20-16-27(35-43-20)31(41)34-26(19-30(39)40)23-7-5-8-25(18-23)36(2)29(38)17-21-10-12-24(13-11-21)33-32(42)37-15-14-22-6-3-4-9-28(22)37/h3-13,16,18,26H,14-15,17,19H2,1-2H3,(H,33,42)(H,34,41)(H,39,40). The highest BCUT2D eigenvalue weighted by atomic mass is 16.5. The molecule has 0 aliphatic carbocycles. The first-order valence-corrected chi connectivity index (χ1v) is 13.8. The Labute approximate surface area is 248 Å². The van der Waals surface area contributed by atoms with Crippen molar-refractivity contribution in [2.24, 2.45) is 0 Å². The first kappa shape index (κ1) is 29.1. The highest BCUT2D eigenvalue weighted by Crippen LogP contribution is 2.28. The Morgan fingerprint density at radius 2 is 1.79 bits per heavy atom. The average molecular weight is 582 g/mol. The number of hydrogen-bond donors (Lipinski definition) is 3. The normalized spacial score (nSPS) is 12.7. The summed E-state index contributed by atoms with van der Waals surface area (Å²) in [4.78, 5) is 53.4. The Hall–Kier alpha value is -5.45. The summed E-state index contributed by atoms with van der Waals surface area (Å²) < 4.78 is 4.94. The number of aryl methyl sites for hydroxylation is 1. The molecule has 0 radical (unpaired) electrons. The molecule has 4 aromatic rings. The molecular weight excluding hydrogens is 550 g/mol. The summed E-state index contributed by atoms with van der Waals surface area (Å²) in [5, 5.41) is 18.7. The van der Waals surface area contributed by atoms with Crippen molar-refractivity contribution < 1.29 is 28.8 Å². The molecule has 1 aliphatic rings. The second-order valence-electron chi connectivity index (χ2n) is 10.3. The zero-order valence-corrected chi connectivity index (χ0v) is 23.7. The van der Waals surface area contributed by atoms with Gasteiger partial charge in [0.05, 0.1) is 18.9 Å². The number of hydrogen-bond acceptors (Lipinski definition) is 6. The minimum absolute atomic E-state index is 0.0447. The summed E-state index contributed by atoms with van der Waals surface area (Å²) in [7, 11) is 1.63. The molecule has 0 bridgehead atoms. The number of carbonyl (C=O) groups excluding carboxylic acids is 3. The minimum atomic E-state index is -1.10. The molecule has 4 amide bonds. The number of aliphatic carboxylic acids is 1. The maximum Gasteiger partial charge on any atom is 0.326 e. The van der Waals surface area contributed by atoms with Crippen molar-refractivity contribution in [2.45, 2.75) is 32.2 Å². The lowest BCUT2D eigenvalue weighted by atomic mass is 10.0. The van der Waals surface area contributed by atoms with Crippen LogP contribution in [0, 0.1) is 6.92 Å². The number of benzene rings is 3. The van der Waals surface area contributed by atoms with Crippen LogP contribution in [0.25, 0.3) is 0 Å². The molecule has 11 heteroatoms. The van der Waals surface area contributed by atoms with E-state index < -0.39 is 17.9 Å². The van der Waals surface area contributed by atoms with Crippen LogP contribution in [0.2, 0.25) is 0 Å². The van der Waals surface area contributed by atoms with Gasteiger partial charge in [0.2, 0.25) is 5.91 Å². The van der Waals surface area contributed by atoms with Gasteiger partial charge >= 0.3 is 12.0 Å². The Balaban J connectivity index is 1.22. The molecule has 11 nitrogen and oxygen atoms in total. The molecule has 1 aliphatic heterocycles. The van der Waals surface area contributed by atoms with Crippen molar-refractivity contribution in [3.05, 3.63) is 107 Å². The van der Waals surface area contributed by atoms with Gasteiger partial charge in [0.15, 0.2) is 5.69 Å². The van der Waals surface area contributed by atoms with Crippen LogP contribution < -0.4 is 20.4 Å². The predicted molar refractivity (Wildman–Crippen MR) is 160 cm³/mol. The van der Waals surface area contributed by atoms with Gasteiger partial charge in [0, 0.05) is 36.7 Å². The fraction of sp³-hybridized carbons (Fsp3) is 0.219. The number of rotatable bonds is 9. The number of fused-ring (bicyclic) bond motifs is 1. The van der Waals surface area contributed by atoms with Crippen LogP contribution in [0.5, 0.6) is 0 Å². The Morgan fingerprint density at radius 3 is 2.51 bits per heavy atom. The zero-order chi connectivity index (χ0) is 30.5. The van der Waals surface area contributed by atoms with Gasteiger partial charge in [0.25, 0.3) is 5.91 Å². The number of urea groups is 1. The van der Waals surface area contributed by atoms with E-state index >= 15 is 0 Å². The molecule has 3 aromatic carbocycles. The summed E-state index contributed by atoms with van der Waals surface area (Å²) in [6.45, 7) is 2.27.